The van der Waals surface area contributed by atoms with Crippen molar-refractivity contribution in [2.24, 2.45) is 7.05 Å². The Bertz CT molecular complexity index is 1180. The van der Waals surface area contributed by atoms with E-state index in [2.05, 4.69) is 20.5 Å². The first kappa shape index (κ1) is 18.9. The minimum Gasteiger partial charge on any atom is -0.467 e. The lowest BCUT2D eigenvalue weighted by atomic mass is 10.1. The number of aromatic nitrogens is 6. The number of carbonyl (C=O) groups excluding carboxylic acids is 1. The predicted molar refractivity (Wildman–Crippen MR) is 109 cm³/mol. The molecule has 29 heavy (non-hydrogen) atoms. The second-order valence-corrected chi connectivity index (χ2v) is 6.91. The van der Waals surface area contributed by atoms with Crippen molar-refractivity contribution < 1.29 is 9.53 Å². The number of hydrogen-bond donors (Lipinski definition) is 1. The monoisotopic (exact) mass is 411 g/mol. The molecule has 0 amide bonds. The van der Waals surface area contributed by atoms with Gasteiger partial charge in [-0.05, 0) is 19.1 Å². The molecule has 1 atom stereocenters. The number of nitrogens with zero attached hydrogens (tertiary/aromatic N) is 6. The van der Waals surface area contributed by atoms with Crippen molar-refractivity contribution in [1.29, 1.82) is 0 Å². The molecule has 0 bridgehead atoms. The molecule has 0 unspecified atom stereocenters. The highest BCUT2D eigenvalue weighted by Crippen LogP contribution is 2.27. The minimum atomic E-state index is -0.594. The molecule has 0 saturated heterocycles. The molecular weight excluding hydrogens is 394 g/mol. The lowest BCUT2D eigenvalue weighted by Gasteiger charge is -2.08. The summed E-state index contributed by atoms with van der Waals surface area (Å²) in [7, 11) is 3.17. The van der Waals surface area contributed by atoms with Crippen molar-refractivity contribution in [1.82, 2.24) is 29.4 Å². The summed E-state index contributed by atoms with van der Waals surface area (Å²) in [6, 6.07) is 6.79. The number of methoxy groups -OCH3 is 1. The molecule has 148 valence electrons. The molecule has 0 saturated carbocycles. The number of benzene rings is 1. The lowest BCUT2D eigenvalue weighted by Crippen LogP contribution is -2.27. The molecular formula is C19H18ClN7O2. The summed E-state index contributed by atoms with van der Waals surface area (Å²) in [4.78, 5) is 21.0. The third-order valence-corrected chi connectivity index (χ3v) is 4.59. The highest BCUT2D eigenvalue weighted by Gasteiger charge is 2.19. The minimum absolute atomic E-state index is 0.295. The van der Waals surface area contributed by atoms with Crippen LogP contribution in [0.1, 0.15) is 6.92 Å². The maximum Gasteiger partial charge on any atom is 0.328 e. The number of halogens is 1. The molecule has 1 aromatic carbocycles. The fourth-order valence-corrected chi connectivity index (χ4v) is 3.00. The van der Waals surface area contributed by atoms with Crippen LogP contribution in [-0.2, 0) is 16.6 Å². The van der Waals surface area contributed by atoms with Crippen LogP contribution in [0, 0.1) is 0 Å². The van der Waals surface area contributed by atoms with Gasteiger partial charge in [0.15, 0.2) is 5.65 Å². The highest BCUT2D eigenvalue weighted by molar-refractivity contribution is 6.30. The van der Waals surface area contributed by atoms with E-state index in [1.807, 2.05) is 25.4 Å². The molecule has 3 aromatic heterocycles. The molecule has 0 aliphatic rings. The summed E-state index contributed by atoms with van der Waals surface area (Å²) < 4.78 is 8.07. The number of carbonyl (C=O) groups is 1. The van der Waals surface area contributed by atoms with Crippen LogP contribution in [0.25, 0.3) is 28.2 Å². The average Bonchev–Trinajstić information content (AvgIpc) is 3.32. The number of aryl methyl sites for hydroxylation is 1. The van der Waals surface area contributed by atoms with E-state index in [9.17, 15) is 4.79 Å². The van der Waals surface area contributed by atoms with Crippen LogP contribution in [0.5, 0.6) is 0 Å². The van der Waals surface area contributed by atoms with E-state index >= 15 is 0 Å². The van der Waals surface area contributed by atoms with Crippen molar-refractivity contribution in [2.75, 3.05) is 12.4 Å². The Balaban J connectivity index is 1.84. The zero-order valence-corrected chi connectivity index (χ0v) is 16.8. The van der Waals surface area contributed by atoms with E-state index in [1.165, 1.54) is 7.11 Å². The van der Waals surface area contributed by atoms with E-state index < -0.39 is 12.0 Å². The van der Waals surface area contributed by atoms with Crippen molar-refractivity contribution in [3.63, 3.8) is 0 Å². The first-order valence-electron chi connectivity index (χ1n) is 8.81. The molecule has 0 fully saturated rings. The smallest absolute Gasteiger partial charge is 0.328 e. The Morgan fingerprint density at radius 2 is 1.93 bits per heavy atom. The Hall–Kier alpha value is -3.46. The van der Waals surface area contributed by atoms with Gasteiger partial charge in [-0.15, -0.1) is 5.10 Å². The van der Waals surface area contributed by atoms with E-state index in [-0.39, 0.29) is 0 Å². The van der Waals surface area contributed by atoms with Gasteiger partial charge in [-0.25, -0.2) is 14.3 Å². The maximum atomic E-state index is 11.7. The first-order chi connectivity index (χ1) is 13.9. The van der Waals surface area contributed by atoms with Gasteiger partial charge >= 0.3 is 5.97 Å². The lowest BCUT2D eigenvalue weighted by molar-refractivity contribution is -0.141. The van der Waals surface area contributed by atoms with Gasteiger partial charge < -0.3 is 10.1 Å². The maximum absolute atomic E-state index is 11.7. The number of ether oxygens (including phenoxy) is 1. The molecule has 0 aliphatic carbocycles. The summed E-state index contributed by atoms with van der Waals surface area (Å²) in [6.07, 6.45) is 5.35. The normalized spacial score (nSPS) is 12.1. The van der Waals surface area contributed by atoms with Gasteiger partial charge in [0.1, 0.15) is 11.7 Å². The fourth-order valence-electron chi connectivity index (χ4n) is 2.88. The van der Waals surface area contributed by atoms with E-state index in [0.29, 0.717) is 28.0 Å². The summed E-state index contributed by atoms with van der Waals surface area (Å²) >= 11 is 6.01. The van der Waals surface area contributed by atoms with Gasteiger partial charge in [0.05, 0.1) is 25.2 Å². The van der Waals surface area contributed by atoms with Gasteiger partial charge in [-0.2, -0.15) is 10.1 Å². The Morgan fingerprint density at radius 3 is 2.59 bits per heavy atom. The second kappa shape index (κ2) is 7.51. The average molecular weight is 412 g/mol. The zero-order valence-electron chi connectivity index (χ0n) is 16.0. The second-order valence-electron chi connectivity index (χ2n) is 6.48. The van der Waals surface area contributed by atoms with Crippen LogP contribution in [0.2, 0.25) is 5.02 Å². The quantitative estimate of drug-likeness (QED) is 0.504. The Kier molecular flexibility index (Phi) is 4.89. The van der Waals surface area contributed by atoms with Gasteiger partial charge in [-0.3, -0.25) is 4.68 Å². The molecule has 3 heterocycles. The molecule has 0 aliphatic heterocycles. The third kappa shape index (κ3) is 3.77. The van der Waals surface area contributed by atoms with Crippen LogP contribution < -0.4 is 5.32 Å². The summed E-state index contributed by atoms with van der Waals surface area (Å²) in [5, 5.41) is 12.3. The third-order valence-electron chi connectivity index (χ3n) is 4.34. The predicted octanol–water partition coefficient (Wildman–Crippen LogP) is 2.82. The molecule has 4 aromatic rings. The largest absolute Gasteiger partial charge is 0.467 e. The number of rotatable bonds is 5. The number of nitrogens with one attached hydrogen (secondary N) is 1. The molecule has 9 nitrogen and oxygen atoms in total. The van der Waals surface area contributed by atoms with Gasteiger partial charge in [0.25, 0.3) is 0 Å². The molecule has 10 heteroatoms. The van der Waals surface area contributed by atoms with Crippen LogP contribution in [0.15, 0.2) is 42.9 Å². The SMILES string of the molecule is COC(=O)[C@H](C)Nc1nc2c(-c3cnn(C)c3)nc(-c3ccc(Cl)cc3)cn2n1. The van der Waals surface area contributed by atoms with Crippen molar-refractivity contribution >= 4 is 29.2 Å². The Labute approximate surface area is 171 Å². The number of fused-ring (bicyclic) bond motifs is 1. The van der Waals surface area contributed by atoms with Gasteiger partial charge in [0.2, 0.25) is 5.95 Å². The van der Waals surface area contributed by atoms with E-state index in [4.69, 9.17) is 21.3 Å². The molecule has 4 rings (SSSR count). The molecule has 1 N–H and O–H groups in total. The first-order valence-corrected chi connectivity index (χ1v) is 9.19. The number of esters is 1. The summed E-state index contributed by atoms with van der Waals surface area (Å²) in [6.45, 7) is 1.68. The molecule has 0 spiro atoms. The van der Waals surface area contributed by atoms with Crippen molar-refractivity contribution in [2.45, 2.75) is 13.0 Å². The topological polar surface area (TPSA) is 99.2 Å². The summed E-state index contributed by atoms with van der Waals surface area (Å²) in [5.41, 5.74) is 3.54. The standard InChI is InChI=1S/C19H18ClN7O2/c1-11(18(28)29-3)22-19-24-17-16(13-8-21-26(2)9-13)23-15(10-27(17)25-19)12-4-6-14(20)7-5-12/h4-11H,1-3H3,(H,22,25)/t11-/m0/s1. The van der Waals surface area contributed by atoms with Crippen LogP contribution in [0.3, 0.4) is 0 Å². The van der Waals surface area contributed by atoms with Gasteiger partial charge in [-0.1, -0.05) is 23.7 Å². The van der Waals surface area contributed by atoms with E-state index in [0.717, 1.165) is 11.1 Å². The van der Waals surface area contributed by atoms with Crippen molar-refractivity contribution in [3.8, 4) is 22.5 Å². The highest BCUT2D eigenvalue weighted by atomic mass is 35.5. The van der Waals surface area contributed by atoms with Gasteiger partial charge in [0, 0.05) is 29.4 Å². The number of hydrogen-bond acceptors (Lipinski definition) is 7. The van der Waals surface area contributed by atoms with Crippen molar-refractivity contribution in [3.05, 3.63) is 47.9 Å². The van der Waals surface area contributed by atoms with Crippen LogP contribution in [-0.4, -0.2) is 48.5 Å². The zero-order chi connectivity index (χ0) is 20.5. The Morgan fingerprint density at radius 1 is 1.17 bits per heavy atom. The van der Waals surface area contributed by atoms with E-state index in [1.54, 1.807) is 40.6 Å². The fraction of sp³-hybridized carbons (Fsp3) is 0.211. The molecule has 0 radical (unpaired) electrons. The van der Waals surface area contributed by atoms with Crippen LogP contribution in [0.4, 0.5) is 5.95 Å². The van der Waals surface area contributed by atoms with Crippen LogP contribution >= 0.6 is 11.6 Å². The summed E-state index contributed by atoms with van der Waals surface area (Å²) in [5.74, 6) is -0.112. The number of anilines is 1.